The molecule has 2 aliphatic carbocycles. The Morgan fingerprint density at radius 2 is 1.66 bits per heavy atom. The summed E-state index contributed by atoms with van der Waals surface area (Å²) in [6.45, 7) is 3.02. The van der Waals surface area contributed by atoms with Crippen LogP contribution in [-0.2, 0) is 11.3 Å². The van der Waals surface area contributed by atoms with Gasteiger partial charge in [0.1, 0.15) is 6.04 Å². The highest BCUT2D eigenvalue weighted by Crippen LogP contribution is 2.36. The lowest BCUT2D eigenvalue weighted by Gasteiger charge is -2.39. The number of amides is 2. The molecule has 2 saturated carbocycles. The Labute approximate surface area is 224 Å². The van der Waals surface area contributed by atoms with Crippen molar-refractivity contribution in [2.45, 2.75) is 89.4 Å². The lowest BCUT2D eigenvalue weighted by atomic mass is 9.90. The number of fused-ring (bicyclic) bond motifs is 3. The second-order valence-corrected chi connectivity index (χ2v) is 10.9. The van der Waals surface area contributed by atoms with Crippen LogP contribution in [0.4, 0.5) is 0 Å². The molecule has 6 heteroatoms. The Kier molecular flexibility index (Phi) is 6.96. The minimum atomic E-state index is -0.718. The zero-order valence-electron chi connectivity index (χ0n) is 22.2. The Morgan fingerprint density at radius 1 is 0.921 bits per heavy atom. The molecule has 2 aromatic heterocycles. The highest BCUT2D eigenvalue weighted by Gasteiger charge is 2.39. The van der Waals surface area contributed by atoms with E-state index in [1.807, 2.05) is 4.90 Å². The summed E-state index contributed by atoms with van der Waals surface area (Å²) < 4.78 is 7.90. The first kappa shape index (κ1) is 24.8. The number of benzene rings is 2. The maximum Gasteiger partial charge on any atom is 0.290 e. The average Bonchev–Trinajstić information content (AvgIpc) is 3.72. The third-order valence-electron chi connectivity index (χ3n) is 8.59. The van der Waals surface area contributed by atoms with Gasteiger partial charge in [0.2, 0.25) is 5.91 Å². The minimum absolute atomic E-state index is 0.00615. The second-order valence-electron chi connectivity index (χ2n) is 10.9. The summed E-state index contributed by atoms with van der Waals surface area (Å²) in [5.41, 5.74) is 3.19. The van der Waals surface area contributed by atoms with E-state index in [2.05, 4.69) is 59.3 Å². The molecular weight excluding hydrogens is 474 g/mol. The third kappa shape index (κ3) is 4.50. The van der Waals surface area contributed by atoms with E-state index < -0.39 is 6.04 Å². The van der Waals surface area contributed by atoms with Gasteiger partial charge in [0.15, 0.2) is 5.76 Å². The molecule has 2 fully saturated rings. The van der Waals surface area contributed by atoms with Crippen LogP contribution in [0, 0.1) is 0 Å². The summed E-state index contributed by atoms with van der Waals surface area (Å²) in [7, 11) is 0. The van der Waals surface area contributed by atoms with Gasteiger partial charge in [0.05, 0.1) is 6.26 Å². The fraction of sp³-hybridized carbons (Fsp3) is 0.438. The van der Waals surface area contributed by atoms with E-state index in [1.54, 1.807) is 12.1 Å². The van der Waals surface area contributed by atoms with E-state index in [0.29, 0.717) is 0 Å². The molecule has 0 aliphatic heterocycles. The number of para-hydroxylation sites is 1. The molecule has 0 radical (unpaired) electrons. The molecule has 0 bridgehead atoms. The van der Waals surface area contributed by atoms with Crippen molar-refractivity contribution in [2.24, 2.45) is 0 Å². The van der Waals surface area contributed by atoms with Crippen LogP contribution >= 0.6 is 0 Å². The van der Waals surface area contributed by atoms with E-state index in [1.165, 1.54) is 23.6 Å². The van der Waals surface area contributed by atoms with Crippen LogP contribution in [0.15, 0.2) is 65.3 Å². The fourth-order valence-electron chi connectivity index (χ4n) is 6.75. The molecule has 2 aromatic carbocycles. The van der Waals surface area contributed by atoms with Crippen LogP contribution in [0.3, 0.4) is 0 Å². The molecule has 198 valence electrons. The molecule has 1 atom stereocenters. The van der Waals surface area contributed by atoms with Crippen LogP contribution in [0.25, 0.3) is 21.8 Å². The second kappa shape index (κ2) is 10.7. The lowest BCUT2D eigenvalue weighted by Crippen LogP contribution is -2.50. The Bertz CT molecular complexity index is 1430. The monoisotopic (exact) mass is 511 g/mol. The van der Waals surface area contributed by atoms with E-state index in [9.17, 15) is 9.59 Å². The van der Waals surface area contributed by atoms with E-state index in [4.69, 9.17) is 4.42 Å². The zero-order chi connectivity index (χ0) is 26.1. The topological polar surface area (TPSA) is 67.5 Å². The first-order valence-electron chi connectivity index (χ1n) is 14.3. The van der Waals surface area contributed by atoms with Crippen molar-refractivity contribution in [3.05, 3.63) is 72.2 Å². The van der Waals surface area contributed by atoms with E-state index in [0.717, 1.165) is 74.4 Å². The van der Waals surface area contributed by atoms with Gasteiger partial charge >= 0.3 is 0 Å². The van der Waals surface area contributed by atoms with Crippen molar-refractivity contribution < 1.29 is 14.0 Å². The Balaban J connectivity index is 1.50. The fourth-order valence-corrected chi connectivity index (χ4v) is 6.75. The maximum atomic E-state index is 14.2. The van der Waals surface area contributed by atoms with Gasteiger partial charge in [-0.25, -0.2) is 0 Å². The molecule has 1 unspecified atom stereocenters. The van der Waals surface area contributed by atoms with Gasteiger partial charge in [0, 0.05) is 40.4 Å². The van der Waals surface area contributed by atoms with Crippen molar-refractivity contribution in [3.63, 3.8) is 0 Å². The molecule has 1 N–H and O–H groups in total. The predicted octanol–water partition coefficient (Wildman–Crippen LogP) is 6.98. The van der Waals surface area contributed by atoms with Gasteiger partial charge in [0.25, 0.3) is 5.91 Å². The molecule has 0 saturated heterocycles. The van der Waals surface area contributed by atoms with Crippen molar-refractivity contribution in [1.29, 1.82) is 0 Å². The van der Waals surface area contributed by atoms with Crippen LogP contribution in [0.2, 0.25) is 0 Å². The van der Waals surface area contributed by atoms with Crippen molar-refractivity contribution >= 4 is 33.6 Å². The van der Waals surface area contributed by atoms with Crippen molar-refractivity contribution in [2.75, 3.05) is 0 Å². The van der Waals surface area contributed by atoms with Gasteiger partial charge in [-0.2, -0.15) is 0 Å². The van der Waals surface area contributed by atoms with Crippen molar-refractivity contribution in [3.8, 4) is 0 Å². The van der Waals surface area contributed by atoms with Gasteiger partial charge in [-0.1, -0.05) is 56.4 Å². The van der Waals surface area contributed by atoms with Gasteiger partial charge < -0.3 is 19.2 Å². The molecule has 4 aromatic rings. The van der Waals surface area contributed by atoms with Crippen LogP contribution in [0.1, 0.15) is 86.9 Å². The number of hydrogen-bond acceptors (Lipinski definition) is 3. The quantitative estimate of drug-likeness (QED) is 0.291. The minimum Gasteiger partial charge on any atom is -0.459 e. The Morgan fingerprint density at radius 3 is 2.39 bits per heavy atom. The molecule has 6 nitrogen and oxygen atoms in total. The molecule has 6 rings (SSSR count). The van der Waals surface area contributed by atoms with Crippen LogP contribution in [-0.4, -0.2) is 33.4 Å². The van der Waals surface area contributed by atoms with E-state index in [-0.39, 0.29) is 29.7 Å². The molecular formula is C32H37N3O3. The van der Waals surface area contributed by atoms with Gasteiger partial charge in [-0.3, -0.25) is 9.59 Å². The number of nitrogens with zero attached hydrogens (tertiary/aromatic N) is 2. The molecule has 2 amide bonds. The molecule has 0 spiro atoms. The standard InChI is InChI=1S/C32H37N3O3/c1-2-34-27-16-9-8-15-25(27)26-21-22(18-19-28(26)34)30(31(36)33-23-11-6-7-12-23)35(24-13-4-3-5-14-24)32(37)29-17-10-20-38-29/h8-10,15-21,23-24,30H,2-7,11-14H2,1H3,(H,33,36). The highest BCUT2D eigenvalue weighted by molar-refractivity contribution is 6.08. The zero-order valence-corrected chi connectivity index (χ0v) is 22.2. The number of nitrogens with one attached hydrogen (secondary N) is 1. The summed E-state index contributed by atoms with van der Waals surface area (Å²) in [5, 5.41) is 5.62. The summed E-state index contributed by atoms with van der Waals surface area (Å²) in [5.74, 6) is 0.00317. The van der Waals surface area contributed by atoms with Gasteiger partial charge in [-0.05, 0) is 68.5 Å². The number of furan rings is 1. The predicted molar refractivity (Wildman–Crippen MR) is 150 cm³/mol. The van der Waals surface area contributed by atoms with Gasteiger partial charge in [-0.15, -0.1) is 0 Å². The smallest absolute Gasteiger partial charge is 0.290 e. The van der Waals surface area contributed by atoms with Crippen LogP contribution < -0.4 is 5.32 Å². The Hall–Kier alpha value is -3.54. The largest absolute Gasteiger partial charge is 0.459 e. The average molecular weight is 512 g/mol. The number of aromatic nitrogens is 1. The first-order chi connectivity index (χ1) is 18.7. The number of rotatable bonds is 7. The number of aryl methyl sites for hydroxylation is 1. The summed E-state index contributed by atoms with van der Waals surface area (Å²) in [6, 6.07) is 17.7. The third-order valence-corrected chi connectivity index (χ3v) is 8.59. The highest BCUT2D eigenvalue weighted by atomic mass is 16.3. The number of hydrogen-bond donors (Lipinski definition) is 1. The summed E-state index contributed by atoms with van der Waals surface area (Å²) in [6.07, 6.45) is 10.9. The van der Waals surface area contributed by atoms with Crippen LogP contribution in [0.5, 0.6) is 0 Å². The van der Waals surface area contributed by atoms with E-state index >= 15 is 0 Å². The van der Waals surface area contributed by atoms with Crippen molar-refractivity contribution in [1.82, 2.24) is 14.8 Å². The maximum absolute atomic E-state index is 14.2. The molecule has 2 heterocycles. The molecule has 2 aliphatic rings. The summed E-state index contributed by atoms with van der Waals surface area (Å²) >= 11 is 0. The SMILES string of the molecule is CCn1c2ccccc2c2cc(C(C(=O)NC3CCCC3)N(C(=O)c3ccco3)C3CCCCC3)ccc21. The molecule has 38 heavy (non-hydrogen) atoms. The lowest BCUT2D eigenvalue weighted by molar-refractivity contribution is -0.127. The number of carbonyl (C=O) groups is 2. The first-order valence-corrected chi connectivity index (χ1v) is 14.3. The normalized spacial score (nSPS) is 17.7. The number of carbonyl (C=O) groups excluding carboxylic acids is 2. The summed E-state index contributed by atoms with van der Waals surface area (Å²) in [4.78, 5) is 30.1.